The van der Waals surface area contributed by atoms with Crippen molar-refractivity contribution in [2.75, 3.05) is 19.2 Å². The molecule has 0 saturated heterocycles. The minimum Gasteiger partial charge on any atom is -0.473 e. The number of hydrogen-bond acceptors (Lipinski definition) is 2. The molecule has 100 valence electrons. The number of urea groups is 1. The number of carbonyl (C=O) groups is 1. The molecule has 5 heteroatoms. The van der Waals surface area contributed by atoms with Crippen molar-refractivity contribution in [3.05, 3.63) is 29.8 Å². The SMILES string of the molecule is CCc1ccccc1OCNC(=O)NCCCCl. The number of para-hydroxylation sites is 1. The highest BCUT2D eigenvalue weighted by Crippen LogP contribution is 2.17. The Morgan fingerprint density at radius 1 is 1.33 bits per heavy atom. The molecular weight excluding hydrogens is 252 g/mol. The van der Waals surface area contributed by atoms with Crippen LogP contribution in [0.4, 0.5) is 4.79 Å². The number of alkyl halides is 1. The van der Waals surface area contributed by atoms with Gasteiger partial charge in [-0.1, -0.05) is 25.1 Å². The van der Waals surface area contributed by atoms with Crippen LogP contribution < -0.4 is 15.4 Å². The van der Waals surface area contributed by atoms with E-state index >= 15 is 0 Å². The molecule has 4 nitrogen and oxygen atoms in total. The van der Waals surface area contributed by atoms with Gasteiger partial charge in [-0.2, -0.15) is 0 Å². The second kappa shape index (κ2) is 8.64. The number of nitrogens with one attached hydrogen (secondary N) is 2. The van der Waals surface area contributed by atoms with Crippen LogP contribution in [-0.2, 0) is 6.42 Å². The summed E-state index contributed by atoms with van der Waals surface area (Å²) in [6.07, 6.45) is 1.66. The van der Waals surface area contributed by atoms with Crippen LogP contribution >= 0.6 is 11.6 Å². The van der Waals surface area contributed by atoms with E-state index in [0.29, 0.717) is 12.4 Å². The minimum atomic E-state index is -0.242. The third kappa shape index (κ3) is 5.27. The van der Waals surface area contributed by atoms with Gasteiger partial charge in [-0.3, -0.25) is 0 Å². The molecule has 0 saturated carbocycles. The third-order valence-electron chi connectivity index (χ3n) is 2.41. The molecule has 1 aromatic rings. The molecule has 0 bridgehead atoms. The Bertz CT molecular complexity index is 372. The second-order valence-corrected chi connectivity index (χ2v) is 4.10. The summed E-state index contributed by atoms with van der Waals surface area (Å²) in [5, 5.41) is 5.31. The van der Waals surface area contributed by atoms with Gasteiger partial charge >= 0.3 is 6.03 Å². The van der Waals surface area contributed by atoms with Crippen molar-refractivity contribution >= 4 is 17.6 Å². The Labute approximate surface area is 113 Å². The van der Waals surface area contributed by atoms with E-state index in [2.05, 4.69) is 17.6 Å². The van der Waals surface area contributed by atoms with E-state index in [4.69, 9.17) is 16.3 Å². The Hall–Kier alpha value is -1.42. The maximum atomic E-state index is 11.3. The summed E-state index contributed by atoms with van der Waals surface area (Å²) < 4.78 is 5.51. The summed E-state index contributed by atoms with van der Waals surface area (Å²) in [7, 11) is 0. The van der Waals surface area contributed by atoms with E-state index < -0.39 is 0 Å². The van der Waals surface area contributed by atoms with Gasteiger partial charge in [0.05, 0.1) is 0 Å². The molecule has 2 amide bonds. The lowest BCUT2D eigenvalue weighted by molar-refractivity contribution is 0.223. The number of halogens is 1. The van der Waals surface area contributed by atoms with Crippen LogP contribution in [0.25, 0.3) is 0 Å². The van der Waals surface area contributed by atoms with Crippen molar-refractivity contribution in [2.45, 2.75) is 19.8 Å². The first-order valence-electron chi connectivity index (χ1n) is 6.06. The lowest BCUT2D eigenvalue weighted by Gasteiger charge is -2.11. The zero-order valence-corrected chi connectivity index (χ0v) is 11.3. The molecule has 0 aliphatic carbocycles. The van der Waals surface area contributed by atoms with E-state index in [9.17, 15) is 4.79 Å². The summed E-state index contributed by atoms with van der Waals surface area (Å²) >= 11 is 5.51. The molecule has 2 N–H and O–H groups in total. The summed E-state index contributed by atoms with van der Waals surface area (Å²) in [6.45, 7) is 2.79. The smallest absolute Gasteiger partial charge is 0.317 e. The van der Waals surface area contributed by atoms with Crippen LogP contribution in [0.1, 0.15) is 18.9 Å². The van der Waals surface area contributed by atoms with Gasteiger partial charge in [-0.25, -0.2) is 4.79 Å². The normalized spacial score (nSPS) is 9.89. The molecule has 18 heavy (non-hydrogen) atoms. The highest BCUT2D eigenvalue weighted by molar-refractivity contribution is 6.17. The van der Waals surface area contributed by atoms with Gasteiger partial charge in [0.2, 0.25) is 0 Å². The van der Waals surface area contributed by atoms with Crippen molar-refractivity contribution in [1.82, 2.24) is 10.6 Å². The monoisotopic (exact) mass is 270 g/mol. The maximum absolute atomic E-state index is 11.3. The van der Waals surface area contributed by atoms with E-state index in [1.54, 1.807) is 0 Å². The van der Waals surface area contributed by atoms with E-state index in [1.165, 1.54) is 0 Å². The maximum Gasteiger partial charge on any atom is 0.317 e. The van der Waals surface area contributed by atoms with Crippen molar-refractivity contribution in [3.63, 3.8) is 0 Å². The standard InChI is InChI=1S/C13H19ClN2O2/c1-2-11-6-3-4-7-12(11)18-10-16-13(17)15-9-5-8-14/h3-4,6-7H,2,5,8-10H2,1H3,(H2,15,16,17). The first kappa shape index (κ1) is 14.6. The molecule has 0 aromatic heterocycles. The predicted molar refractivity (Wildman–Crippen MR) is 73.2 cm³/mol. The lowest BCUT2D eigenvalue weighted by atomic mass is 10.1. The van der Waals surface area contributed by atoms with Crippen LogP contribution in [-0.4, -0.2) is 25.2 Å². The van der Waals surface area contributed by atoms with Crippen LogP contribution in [0.3, 0.4) is 0 Å². The molecule has 0 unspecified atom stereocenters. The Morgan fingerprint density at radius 3 is 2.83 bits per heavy atom. The zero-order valence-electron chi connectivity index (χ0n) is 10.5. The number of hydrogen-bond donors (Lipinski definition) is 2. The molecule has 0 atom stereocenters. The molecule has 0 radical (unpaired) electrons. The first-order chi connectivity index (χ1) is 8.77. The zero-order chi connectivity index (χ0) is 13.2. The Kier molecular flexibility index (Phi) is 7.03. The van der Waals surface area contributed by atoms with E-state index in [0.717, 1.165) is 24.2 Å². The number of benzene rings is 1. The molecule has 0 fully saturated rings. The number of amides is 2. The average molecular weight is 271 g/mol. The van der Waals surface area contributed by atoms with Crippen molar-refractivity contribution in [1.29, 1.82) is 0 Å². The van der Waals surface area contributed by atoms with Gasteiger partial charge < -0.3 is 15.4 Å². The summed E-state index contributed by atoms with van der Waals surface area (Å²) in [5.74, 6) is 1.35. The van der Waals surface area contributed by atoms with Crippen LogP contribution in [0.15, 0.2) is 24.3 Å². The highest BCUT2D eigenvalue weighted by atomic mass is 35.5. The molecule has 0 heterocycles. The van der Waals surface area contributed by atoms with E-state index in [-0.39, 0.29) is 12.8 Å². The van der Waals surface area contributed by atoms with Gasteiger partial charge in [0.15, 0.2) is 6.73 Å². The quantitative estimate of drug-likeness (QED) is 0.454. The van der Waals surface area contributed by atoms with Gasteiger partial charge in [0.1, 0.15) is 5.75 Å². The molecular formula is C13H19ClN2O2. The third-order valence-corrected chi connectivity index (χ3v) is 2.68. The molecule has 0 aliphatic rings. The summed E-state index contributed by atoms with van der Waals surface area (Å²) in [6, 6.07) is 7.54. The Balaban J connectivity index is 2.26. The predicted octanol–water partition coefficient (Wildman–Crippen LogP) is 2.51. The fourth-order valence-corrected chi connectivity index (χ4v) is 1.58. The van der Waals surface area contributed by atoms with Gasteiger partial charge in [-0.15, -0.1) is 11.6 Å². The van der Waals surface area contributed by atoms with Crippen molar-refractivity contribution < 1.29 is 9.53 Å². The fourth-order valence-electron chi connectivity index (χ4n) is 1.45. The second-order valence-electron chi connectivity index (χ2n) is 3.73. The van der Waals surface area contributed by atoms with Crippen LogP contribution in [0.5, 0.6) is 5.75 Å². The van der Waals surface area contributed by atoms with Crippen molar-refractivity contribution in [2.24, 2.45) is 0 Å². The fraction of sp³-hybridized carbons (Fsp3) is 0.462. The van der Waals surface area contributed by atoms with Gasteiger partial charge in [-0.05, 0) is 24.5 Å². The summed E-state index contributed by atoms with van der Waals surface area (Å²) in [4.78, 5) is 11.3. The lowest BCUT2D eigenvalue weighted by Crippen LogP contribution is -2.38. The highest BCUT2D eigenvalue weighted by Gasteiger charge is 2.02. The van der Waals surface area contributed by atoms with Gasteiger partial charge in [0.25, 0.3) is 0 Å². The summed E-state index contributed by atoms with van der Waals surface area (Å²) in [5.41, 5.74) is 1.13. The molecule has 0 aliphatic heterocycles. The van der Waals surface area contributed by atoms with E-state index in [1.807, 2.05) is 24.3 Å². The number of rotatable bonds is 7. The first-order valence-corrected chi connectivity index (χ1v) is 6.59. The average Bonchev–Trinajstić information content (AvgIpc) is 2.39. The van der Waals surface area contributed by atoms with Crippen LogP contribution in [0.2, 0.25) is 0 Å². The minimum absolute atomic E-state index is 0.156. The largest absolute Gasteiger partial charge is 0.473 e. The number of ether oxygens (including phenoxy) is 1. The Morgan fingerprint density at radius 2 is 2.11 bits per heavy atom. The molecule has 0 spiro atoms. The van der Waals surface area contributed by atoms with Crippen LogP contribution in [0, 0.1) is 0 Å². The van der Waals surface area contributed by atoms with Gasteiger partial charge in [0, 0.05) is 12.4 Å². The topological polar surface area (TPSA) is 50.4 Å². The van der Waals surface area contributed by atoms with Crippen molar-refractivity contribution in [3.8, 4) is 5.75 Å². The molecule has 1 rings (SSSR count). The number of carbonyl (C=O) groups excluding carboxylic acids is 1. The molecule has 1 aromatic carbocycles. The number of aryl methyl sites for hydroxylation is 1.